The highest BCUT2D eigenvalue weighted by atomic mass is 32.2. The van der Waals surface area contributed by atoms with E-state index in [1.165, 1.54) is 17.8 Å². The standard InChI is InChI=1S/C11H8FNS/c12-10-7-4-8-11(13-10)14-9-5-2-1-3-6-9/h1-8H. The Hall–Kier alpha value is -1.35. The predicted molar refractivity (Wildman–Crippen MR) is 54.8 cm³/mol. The maximum Gasteiger partial charge on any atom is 0.213 e. The van der Waals surface area contributed by atoms with E-state index in [1.807, 2.05) is 30.3 Å². The highest BCUT2D eigenvalue weighted by Crippen LogP contribution is 2.25. The molecule has 1 nitrogen and oxygen atoms in total. The molecule has 0 unspecified atom stereocenters. The third kappa shape index (κ3) is 2.33. The summed E-state index contributed by atoms with van der Waals surface area (Å²) in [7, 11) is 0. The van der Waals surface area contributed by atoms with Crippen LogP contribution in [0.3, 0.4) is 0 Å². The van der Waals surface area contributed by atoms with Gasteiger partial charge in [-0.1, -0.05) is 36.0 Å². The molecular weight excluding hydrogens is 197 g/mol. The van der Waals surface area contributed by atoms with Gasteiger partial charge in [-0.25, -0.2) is 4.98 Å². The average Bonchev–Trinajstić information content (AvgIpc) is 2.19. The molecule has 1 heterocycles. The summed E-state index contributed by atoms with van der Waals surface area (Å²) in [6.45, 7) is 0. The lowest BCUT2D eigenvalue weighted by molar-refractivity contribution is 0.572. The molecule has 0 atom stereocenters. The largest absolute Gasteiger partial charge is 0.213 e. The number of halogens is 1. The van der Waals surface area contributed by atoms with Gasteiger partial charge in [0, 0.05) is 4.90 Å². The third-order valence-corrected chi connectivity index (χ3v) is 2.60. The Morgan fingerprint density at radius 3 is 2.43 bits per heavy atom. The van der Waals surface area contributed by atoms with Crippen molar-refractivity contribution in [3.63, 3.8) is 0 Å². The quantitative estimate of drug-likeness (QED) is 0.697. The van der Waals surface area contributed by atoms with E-state index < -0.39 is 5.95 Å². The Balaban J connectivity index is 2.19. The zero-order valence-corrected chi connectivity index (χ0v) is 8.17. The van der Waals surface area contributed by atoms with E-state index >= 15 is 0 Å². The number of benzene rings is 1. The molecule has 0 spiro atoms. The molecule has 1 aromatic heterocycles. The Morgan fingerprint density at radius 1 is 0.929 bits per heavy atom. The van der Waals surface area contributed by atoms with Crippen LogP contribution in [0.5, 0.6) is 0 Å². The van der Waals surface area contributed by atoms with Gasteiger partial charge in [0.15, 0.2) is 0 Å². The van der Waals surface area contributed by atoms with Gasteiger partial charge in [-0.2, -0.15) is 4.39 Å². The Bertz CT molecular complexity index is 417. The van der Waals surface area contributed by atoms with Crippen LogP contribution in [0.4, 0.5) is 4.39 Å². The highest BCUT2D eigenvalue weighted by molar-refractivity contribution is 7.99. The van der Waals surface area contributed by atoms with Crippen LogP contribution in [0.25, 0.3) is 0 Å². The molecule has 1 aromatic carbocycles. The fraction of sp³-hybridized carbons (Fsp3) is 0. The fourth-order valence-electron chi connectivity index (χ4n) is 1.06. The van der Waals surface area contributed by atoms with Gasteiger partial charge < -0.3 is 0 Å². The Morgan fingerprint density at radius 2 is 1.71 bits per heavy atom. The molecule has 3 heteroatoms. The molecule has 2 rings (SSSR count). The number of pyridine rings is 1. The van der Waals surface area contributed by atoms with Gasteiger partial charge >= 0.3 is 0 Å². The average molecular weight is 205 g/mol. The fourth-order valence-corrected chi connectivity index (χ4v) is 1.87. The van der Waals surface area contributed by atoms with Gasteiger partial charge in [0.2, 0.25) is 5.95 Å². The third-order valence-electron chi connectivity index (χ3n) is 1.66. The maximum atomic E-state index is 12.7. The molecule has 0 amide bonds. The van der Waals surface area contributed by atoms with Gasteiger partial charge in [-0.3, -0.25) is 0 Å². The minimum Gasteiger partial charge on any atom is -0.213 e. The van der Waals surface area contributed by atoms with Crippen LogP contribution in [0.1, 0.15) is 0 Å². The van der Waals surface area contributed by atoms with E-state index in [4.69, 9.17) is 0 Å². The first kappa shape index (κ1) is 9.21. The van der Waals surface area contributed by atoms with Gasteiger partial charge in [0.1, 0.15) is 5.03 Å². The van der Waals surface area contributed by atoms with Crippen molar-refractivity contribution in [1.29, 1.82) is 0 Å². The lowest BCUT2D eigenvalue weighted by Gasteiger charge is -1.99. The molecular formula is C11H8FNS. The van der Waals surface area contributed by atoms with Crippen molar-refractivity contribution in [2.45, 2.75) is 9.92 Å². The second-order valence-corrected chi connectivity index (χ2v) is 3.81. The molecule has 0 radical (unpaired) electrons. The SMILES string of the molecule is Fc1cccc(Sc2ccccc2)n1. The molecule has 2 aromatic rings. The highest BCUT2D eigenvalue weighted by Gasteiger charge is 1.98. The van der Waals surface area contributed by atoms with Crippen molar-refractivity contribution in [3.8, 4) is 0 Å². The van der Waals surface area contributed by atoms with Crippen molar-refractivity contribution in [2.24, 2.45) is 0 Å². The van der Waals surface area contributed by atoms with Crippen molar-refractivity contribution in [2.75, 3.05) is 0 Å². The van der Waals surface area contributed by atoms with Gasteiger partial charge in [0.25, 0.3) is 0 Å². The lowest BCUT2D eigenvalue weighted by atomic mass is 10.4. The van der Waals surface area contributed by atoms with Crippen molar-refractivity contribution >= 4 is 11.8 Å². The number of nitrogens with zero attached hydrogens (tertiary/aromatic N) is 1. The van der Waals surface area contributed by atoms with E-state index in [-0.39, 0.29) is 0 Å². The van der Waals surface area contributed by atoms with Crippen LogP contribution in [0.2, 0.25) is 0 Å². The van der Waals surface area contributed by atoms with Crippen molar-refractivity contribution < 1.29 is 4.39 Å². The molecule has 0 aliphatic rings. The smallest absolute Gasteiger partial charge is 0.213 e. The van der Waals surface area contributed by atoms with Crippen molar-refractivity contribution in [1.82, 2.24) is 4.98 Å². The van der Waals surface area contributed by atoms with Crippen LogP contribution >= 0.6 is 11.8 Å². The van der Waals surface area contributed by atoms with Crippen molar-refractivity contribution in [3.05, 3.63) is 54.5 Å². The summed E-state index contributed by atoms with van der Waals surface area (Å²) in [6, 6.07) is 14.6. The molecule has 0 saturated carbocycles. The summed E-state index contributed by atoms with van der Waals surface area (Å²) in [6.07, 6.45) is 0. The minimum atomic E-state index is -0.439. The lowest BCUT2D eigenvalue weighted by Crippen LogP contribution is -1.83. The summed E-state index contributed by atoms with van der Waals surface area (Å²) >= 11 is 1.45. The topological polar surface area (TPSA) is 12.9 Å². The molecule has 14 heavy (non-hydrogen) atoms. The summed E-state index contributed by atoms with van der Waals surface area (Å²) in [5, 5.41) is 0.677. The normalized spacial score (nSPS) is 10.1. The first-order chi connectivity index (χ1) is 6.84. The molecule has 0 bridgehead atoms. The zero-order valence-electron chi connectivity index (χ0n) is 7.35. The molecule has 0 N–H and O–H groups in total. The summed E-state index contributed by atoms with van der Waals surface area (Å²) in [5.41, 5.74) is 0. The van der Waals surface area contributed by atoms with Gasteiger partial charge in [-0.05, 0) is 24.3 Å². The first-order valence-corrected chi connectivity index (χ1v) is 5.02. The molecule has 0 aliphatic heterocycles. The molecule has 0 aliphatic carbocycles. The predicted octanol–water partition coefficient (Wildman–Crippen LogP) is 3.37. The van der Waals surface area contributed by atoms with Crippen LogP contribution in [-0.2, 0) is 0 Å². The zero-order chi connectivity index (χ0) is 9.80. The van der Waals surface area contributed by atoms with E-state index in [2.05, 4.69) is 4.98 Å². The van der Waals surface area contributed by atoms with Gasteiger partial charge in [0.05, 0.1) is 0 Å². The summed E-state index contributed by atoms with van der Waals surface area (Å²) < 4.78 is 12.7. The Labute approximate surface area is 86.0 Å². The van der Waals surface area contributed by atoms with Crippen LogP contribution in [0.15, 0.2) is 58.5 Å². The molecule has 0 saturated heterocycles. The van der Waals surface area contributed by atoms with E-state index in [1.54, 1.807) is 12.1 Å². The second-order valence-electron chi connectivity index (χ2n) is 2.71. The van der Waals surface area contributed by atoms with E-state index in [0.29, 0.717) is 5.03 Å². The Kier molecular flexibility index (Phi) is 2.79. The molecule has 70 valence electrons. The number of hydrogen-bond acceptors (Lipinski definition) is 2. The van der Waals surface area contributed by atoms with E-state index in [0.717, 1.165) is 4.90 Å². The van der Waals surface area contributed by atoms with E-state index in [9.17, 15) is 4.39 Å². The number of aromatic nitrogens is 1. The van der Waals surface area contributed by atoms with Crippen LogP contribution in [-0.4, -0.2) is 4.98 Å². The van der Waals surface area contributed by atoms with Crippen LogP contribution in [0, 0.1) is 5.95 Å². The first-order valence-electron chi connectivity index (χ1n) is 4.20. The second kappa shape index (κ2) is 4.24. The molecule has 0 fully saturated rings. The summed E-state index contributed by atoms with van der Waals surface area (Å²) in [4.78, 5) is 4.83. The summed E-state index contributed by atoms with van der Waals surface area (Å²) in [5.74, 6) is -0.439. The number of hydrogen-bond donors (Lipinski definition) is 0. The maximum absolute atomic E-state index is 12.7. The van der Waals surface area contributed by atoms with Crippen LogP contribution < -0.4 is 0 Å². The monoisotopic (exact) mass is 205 g/mol. The van der Waals surface area contributed by atoms with Gasteiger partial charge in [-0.15, -0.1) is 0 Å². The minimum absolute atomic E-state index is 0.439. The number of rotatable bonds is 2.